The highest BCUT2D eigenvalue weighted by Crippen LogP contribution is 2.18. The standard InChI is InChI=1S/C6H12Si/c1-6-2-4-7-5-3-6/h6H,2-5H2,1H3. The van der Waals surface area contributed by atoms with Crippen LogP contribution in [0.2, 0.25) is 12.1 Å². The van der Waals surface area contributed by atoms with Crippen molar-refractivity contribution in [1.82, 2.24) is 0 Å². The number of rotatable bonds is 0. The second-order valence-electron chi connectivity index (χ2n) is 2.43. The lowest BCUT2D eigenvalue weighted by Crippen LogP contribution is -2.05. The minimum absolute atomic E-state index is 1.04. The summed E-state index contributed by atoms with van der Waals surface area (Å²) < 4.78 is 0. The van der Waals surface area contributed by atoms with Gasteiger partial charge in [0.2, 0.25) is 0 Å². The van der Waals surface area contributed by atoms with Crippen LogP contribution in [0.15, 0.2) is 0 Å². The monoisotopic (exact) mass is 112 g/mol. The summed E-state index contributed by atoms with van der Waals surface area (Å²) in [4.78, 5) is 0. The Morgan fingerprint density at radius 2 is 1.86 bits per heavy atom. The smallest absolute Gasteiger partial charge is 0.0378 e. The van der Waals surface area contributed by atoms with Gasteiger partial charge in [-0.3, -0.25) is 0 Å². The van der Waals surface area contributed by atoms with E-state index in [1.165, 1.54) is 34.4 Å². The molecule has 0 nitrogen and oxygen atoms in total. The summed E-state index contributed by atoms with van der Waals surface area (Å²) in [5, 5.41) is 0. The van der Waals surface area contributed by atoms with Crippen LogP contribution in [-0.2, 0) is 0 Å². The normalized spacial score (nSPS) is 25.3. The van der Waals surface area contributed by atoms with Crippen LogP contribution in [0.1, 0.15) is 19.8 Å². The van der Waals surface area contributed by atoms with Crippen molar-refractivity contribution in [2.24, 2.45) is 5.92 Å². The highest BCUT2D eigenvalue weighted by atomic mass is 28.2. The molecule has 1 fully saturated rings. The molecule has 1 rings (SSSR count). The lowest BCUT2D eigenvalue weighted by molar-refractivity contribution is 0.523. The summed E-state index contributed by atoms with van der Waals surface area (Å²) in [7, 11) is 1.29. The molecule has 1 heteroatoms. The zero-order valence-electron chi connectivity index (χ0n) is 4.91. The van der Waals surface area contributed by atoms with Gasteiger partial charge in [-0.05, 0) is 5.92 Å². The minimum Gasteiger partial charge on any atom is -0.0625 e. The second kappa shape index (κ2) is 2.51. The van der Waals surface area contributed by atoms with Gasteiger partial charge in [0.1, 0.15) is 0 Å². The van der Waals surface area contributed by atoms with Crippen LogP contribution in [-0.4, -0.2) is 9.52 Å². The van der Waals surface area contributed by atoms with Crippen molar-refractivity contribution in [3.8, 4) is 0 Å². The van der Waals surface area contributed by atoms with E-state index in [4.69, 9.17) is 0 Å². The fraction of sp³-hybridized carbons (Fsp3) is 1.00. The molecule has 1 saturated heterocycles. The van der Waals surface area contributed by atoms with E-state index in [0.29, 0.717) is 0 Å². The molecule has 0 unspecified atom stereocenters. The van der Waals surface area contributed by atoms with E-state index in [1.807, 2.05) is 0 Å². The van der Waals surface area contributed by atoms with Gasteiger partial charge >= 0.3 is 0 Å². The third-order valence-corrected chi connectivity index (χ3v) is 2.91. The molecule has 1 aliphatic rings. The van der Waals surface area contributed by atoms with Crippen LogP contribution in [0.5, 0.6) is 0 Å². The van der Waals surface area contributed by atoms with Crippen LogP contribution in [0.4, 0.5) is 0 Å². The van der Waals surface area contributed by atoms with Gasteiger partial charge < -0.3 is 0 Å². The Morgan fingerprint density at radius 1 is 1.29 bits per heavy atom. The predicted octanol–water partition coefficient (Wildman–Crippen LogP) is 1.96. The largest absolute Gasteiger partial charge is 0.0625 e. The first-order chi connectivity index (χ1) is 3.39. The Kier molecular flexibility index (Phi) is 1.92. The number of hydrogen-bond donors (Lipinski definition) is 0. The molecule has 0 aliphatic carbocycles. The van der Waals surface area contributed by atoms with Gasteiger partial charge in [-0.2, -0.15) is 0 Å². The van der Waals surface area contributed by atoms with Crippen molar-refractivity contribution >= 4 is 9.52 Å². The van der Waals surface area contributed by atoms with Crippen molar-refractivity contribution in [3.63, 3.8) is 0 Å². The summed E-state index contributed by atoms with van der Waals surface area (Å²) in [6.45, 7) is 2.36. The van der Waals surface area contributed by atoms with Crippen LogP contribution in [0, 0.1) is 5.92 Å². The molecule has 0 saturated carbocycles. The highest BCUT2D eigenvalue weighted by Gasteiger charge is 2.06. The molecule has 0 aromatic rings. The maximum Gasteiger partial charge on any atom is 0.0378 e. The maximum absolute atomic E-state index is 2.36. The topological polar surface area (TPSA) is 0 Å². The lowest BCUT2D eigenvalue weighted by atomic mass is 10.1. The van der Waals surface area contributed by atoms with E-state index in [-0.39, 0.29) is 0 Å². The van der Waals surface area contributed by atoms with E-state index in [1.54, 1.807) is 0 Å². The summed E-state index contributed by atoms with van der Waals surface area (Å²) in [5.41, 5.74) is 0. The molecule has 0 N–H and O–H groups in total. The van der Waals surface area contributed by atoms with Crippen molar-refractivity contribution < 1.29 is 0 Å². The molecule has 1 heterocycles. The quantitative estimate of drug-likeness (QED) is 0.420. The maximum atomic E-state index is 2.36. The average Bonchev–Trinajstić information content (AvgIpc) is 1.69. The molecule has 0 bridgehead atoms. The van der Waals surface area contributed by atoms with E-state index >= 15 is 0 Å². The molecule has 7 heavy (non-hydrogen) atoms. The zero-order valence-corrected chi connectivity index (χ0v) is 5.91. The Bertz CT molecular complexity index is 46.1. The molecule has 2 radical (unpaired) electrons. The molecule has 0 amide bonds. The Morgan fingerprint density at radius 3 is 2.14 bits per heavy atom. The van der Waals surface area contributed by atoms with E-state index in [9.17, 15) is 0 Å². The molecule has 1 aliphatic heterocycles. The Balaban J connectivity index is 2.12. The fourth-order valence-electron chi connectivity index (χ4n) is 0.966. The van der Waals surface area contributed by atoms with Crippen LogP contribution in [0.3, 0.4) is 0 Å². The van der Waals surface area contributed by atoms with Crippen molar-refractivity contribution in [2.75, 3.05) is 0 Å². The van der Waals surface area contributed by atoms with E-state index in [2.05, 4.69) is 6.92 Å². The van der Waals surface area contributed by atoms with Gasteiger partial charge in [0.05, 0.1) is 0 Å². The molecule has 0 spiro atoms. The van der Waals surface area contributed by atoms with Gasteiger partial charge in [0, 0.05) is 9.52 Å². The van der Waals surface area contributed by atoms with E-state index < -0.39 is 0 Å². The van der Waals surface area contributed by atoms with E-state index in [0.717, 1.165) is 5.92 Å². The first kappa shape index (κ1) is 5.36. The van der Waals surface area contributed by atoms with Gasteiger partial charge in [-0.1, -0.05) is 31.9 Å². The van der Waals surface area contributed by atoms with Crippen molar-refractivity contribution in [2.45, 2.75) is 31.9 Å². The summed E-state index contributed by atoms with van der Waals surface area (Å²) >= 11 is 0. The van der Waals surface area contributed by atoms with Crippen molar-refractivity contribution in [3.05, 3.63) is 0 Å². The van der Waals surface area contributed by atoms with Crippen LogP contribution in [0.25, 0.3) is 0 Å². The third kappa shape index (κ3) is 1.64. The summed E-state index contributed by atoms with van der Waals surface area (Å²) in [6, 6.07) is 3.03. The lowest BCUT2D eigenvalue weighted by Gasteiger charge is -2.14. The van der Waals surface area contributed by atoms with Gasteiger partial charge in [-0.15, -0.1) is 0 Å². The summed E-state index contributed by atoms with van der Waals surface area (Å²) in [6.07, 6.45) is 3.00. The molecule has 0 aromatic carbocycles. The van der Waals surface area contributed by atoms with Gasteiger partial charge in [0.15, 0.2) is 0 Å². The zero-order chi connectivity index (χ0) is 5.11. The first-order valence-electron chi connectivity index (χ1n) is 3.10. The Labute approximate surface area is 48.1 Å². The first-order valence-corrected chi connectivity index (χ1v) is 4.52. The number of hydrogen-bond acceptors (Lipinski definition) is 0. The average molecular weight is 112 g/mol. The summed E-state index contributed by atoms with van der Waals surface area (Å²) in [5.74, 6) is 1.04. The minimum atomic E-state index is 1.04. The molecule has 0 aromatic heterocycles. The van der Waals surface area contributed by atoms with Gasteiger partial charge in [-0.25, -0.2) is 0 Å². The predicted molar refractivity (Wildman–Crippen MR) is 33.8 cm³/mol. The SMILES string of the molecule is CC1CC[Si]CC1. The van der Waals surface area contributed by atoms with Crippen LogP contribution < -0.4 is 0 Å². The molecule has 40 valence electrons. The second-order valence-corrected chi connectivity index (χ2v) is 3.93. The fourth-order valence-corrected chi connectivity index (χ4v) is 2.61. The van der Waals surface area contributed by atoms with Crippen LogP contribution >= 0.6 is 0 Å². The molecular formula is C6H12Si. The highest BCUT2D eigenvalue weighted by molar-refractivity contribution is 6.35. The molecular weight excluding hydrogens is 100 g/mol. The Hall–Kier alpha value is 0.217. The van der Waals surface area contributed by atoms with Gasteiger partial charge in [0.25, 0.3) is 0 Å². The van der Waals surface area contributed by atoms with Crippen molar-refractivity contribution in [1.29, 1.82) is 0 Å². The molecule has 0 atom stereocenters. The third-order valence-electron chi connectivity index (χ3n) is 1.63.